The number of hydrogen-bond donors (Lipinski definition) is 1. The fourth-order valence-electron chi connectivity index (χ4n) is 2.11. The smallest absolute Gasteiger partial charge is 0.125 e. The first kappa shape index (κ1) is 15.4. The molecule has 0 spiro atoms. The molecule has 2 nitrogen and oxygen atoms in total. The molecule has 0 radical (unpaired) electrons. The van der Waals surface area contributed by atoms with Gasteiger partial charge in [0.1, 0.15) is 12.4 Å². The van der Waals surface area contributed by atoms with Gasteiger partial charge in [-0.2, -0.15) is 0 Å². The van der Waals surface area contributed by atoms with E-state index in [0.717, 1.165) is 37.5 Å². The Morgan fingerprint density at radius 3 is 2.35 bits per heavy atom. The number of halogens is 2. The normalized spacial score (nSPS) is 10.7. The zero-order valence-electron chi connectivity index (χ0n) is 11.5. The van der Waals surface area contributed by atoms with Crippen molar-refractivity contribution in [1.82, 2.24) is 0 Å². The number of benzene rings is 2. The van der Waals surface area contributed by atoms with E-state index in [1.54, 1.807) is 0 Å². The average Bonchev–Trinajstić information content (AvgIpc) is 2.39. The van der Waals surface area contributed by atoms with Crippen LogP contribution in [0.15, 0.2) is 34.8 Å². The van der Waals surface area contributed by atoms with Crippen LogP contribution < -0.4 is 10.5 Å². The number of nitrogens with two attached hydrogens (primary N) is 1. The first-order chi connectivity index (χ1) is 9.51. The Balaban J connectivity index is 2.17. The molecule has 0 saturated heterocycles. The van der Waals surface area contributed by atoms with Gasteiger partial charge in [-0.05, 0) is 48.7 Å². The van der Waals surface area contributed by atoms with Crippen LogP contribution in [0.25, 0.3) is 0 Å². The predicted molar refractivity (Wildman–Crippen MR) is 87.3 cm³/mol. The average molecular weight is 355 g/mol. The van der Waals surface area contributed by atoms with E-state index >= 15 is 0 Å². The van der Waals surface area contributed by atoms with E-state index < -0.39 is 0 Å². The van der Waals surface area contributed by atoms with Gasteiger partial charge in [0.15, 0.2) is 0 Å². The molecule has 2 aromatic rings. The molecule has 0 unspecified atom stereocenters. The van der Waals surface area contributed by atoms with E-state index in [1.165, 1.54) is 0 Å². The van der Waals surface area contributed by atoms with Crippen LogP contribution in [-0.2, 0) is 13.2 Å². The molecule has 0 atom stereocenters. The summed E-state index contributed by atoms with van der Waals surface area (Å²) in [5.41, 5.74) is 9.91. The van der Waals surface area contributed by atoms with Crippen molar-refractivity contribution in [3.05, 3.63) is 62.1 Å². The summed E-state index contributed by atoms with van der Waals surface area (Å²) in [6.45, 7) is 5.05. The minimum atomic E-state index is 0.509. The van der Waals surface area contributed by atoms with Crippen LogP contribution in [0.2, 0.25) is 5.02 Å². The molecule has 0 bridgehead atoms. The molecule has 2 rings (SSSR count). The maximum absolute atomic E-state index is 6.02. The van der Waals surface area contributed by atoms with Gasteiger partial charge in [0, 0.05) is 21.6 Å². The summed E-state index contributed by atoms with van der Waals surface area (Å²) in [5.74, 6) is 0.893. The van der Waals surface area contributed by atoms with Crippen molar-refractivity contribution < 1.29 is 4.74 Å². The number of rotatable bonds is 4. The molecule has 0 aliphatic carbocycles. The van der Waals surface area contributed by atoms with Crippen LogP contribution in [0.4, 0.5) is 0 Å². The lowest BCUT2D eigenvalue weighted by atomic mass is 10.1. The van der Waals surface area contributed by atoms with Crippen molar-refractivity contribution in [2.75, 3.05) is 0 Å². The Hall–Kier alpha value is -1.03. The van der Waals surface area contributed by atoms with Crippen LogP contribution >= 0.6 is 27.5 Å². The first-order valence-corrected chi connectivity index (χ1v) is 7.55. The molecular formula is C16H17BrClNO. The summed E-state index contributed by atoms with van der Waals surface area (Å²) in [4.78, 5) is 0. The van der Waals surface area contributed by atoms with E-state index in [4.69, 9.17) is 22.1 Å². The van der Waals surface area contributed by atoms with Crippen molar-refractivity contribution in [3.8, 4) is 5.75 Å². The monoisotopic (exact) mass is 353 g/mol. The van der Waals surface area contributed by atoms with Crippen LogP contribution in [0.3, 0.4) is 0 Å². The van der Waals surface area contributed by atoms with Gasteiger partial charge in [0.2, 0.25) is 0 Å². The summed E-state index contributed by atoms with van der Waals surface area (Å²) in [7, 11) is 0. The standard InChI is InChI=1S/C16H17BrClNO/c1-10-5-14(18)6-11(2)16(10)20-9-13-4-3-12(8-19)7-15(13)17/h3-7H,8-9,19H2,1-2H3. The van der Waals surface area contributed by atoms with E-state index in [2.05, 4.69) is 15.9 Å². The predicted octanol–water partition coefficient (Wildman–Crippen LogP) is 4.76. The SMILES string of the molecule is Cc1cc(Cl)cc(C)c1OCc1ccc(CN)cc1Br. The zero-order chi connectivity index (χ0) is 14.7. The lowest BCUT2D eigenvalue weighted by Crippen LogP contribution is -2.02. The zero-order valence-corrected chi connectivity index (χ0v) is 13.9. The van der Waals surface area contributed by atoms with Gasteiger partial charge in [0.05, 0.1) is 0 Å². The van der Waals surface area contributed by atoms with Crippen molar-refractivity contribution in [2.45, 2.75) is 27.0 Å². The Kier molecular flexibility index (Phi) is 5.08. The molecule has 20 heavy (non-hydrogen) atoms. The van der Waals surface area contributed by atoms with Gasteiger partial charge in [-0.25, -0.2) is 0 Å². The second-order valence-electron chi connectivity index (χ2n) is 4.79. The molecule has 0 amide bonds. The third kappa shape index (κ3) is 3.54. The van der Waals surface area contributed by atoms with Crippen molar-refractivity contribution >= 4 is 27.5 Å². The summed E-state index contributed by atoms with van der Waals surface area (Å²) in [6, 6.07) is 9.91. The topological polar surface area (TPSA) is 35.2 Å². The molecule has 0 fully saturated rings. The maximum atomic E-state index is 6.02. The Morgan fingerprint density at radius 1 is 1.15 bits per heavy atom. The molecule has 0 aliphatic heterocycles. The van der Waals surface area contributed by atoms with Gasteiger partial charge in [-0.3, -0.25) is 0 Å². The molecule has 106 valence electrons. The van der Waals surface area contributed by atoms with E-state index in [-0.39, 0.29) is 0 Å². The third-order valence-electron chi connectivity index (χ3n) is 3.15. The molecule has 2 aromatic carbocycles. The highest BCUT2D eigenvalue weighted by atomic mass is 79.9. The lowest BCUT2D eigenvalue weighted by molar-refractivity contribution is 0.301. The fourth-order valence-corrected chi connectivity index (χ4v) is 2.98. The van der Waals surface area contributed by atoms with Crippen LogP contribution in [0, 0.1) is 13.8 Å². The second kappa shape index (κ2) is 6.61. The summed E-state index contributed by atoms with van der Waals surface area (Å²) in [6.07, 6.45) is 0. The number of ether oxygens (including phenoxy) is 1. The van der Waals surface area contributed by atoms with Gasteiger partial charge >= 0.3 is 0 Å². The van der Waals surface area contributed by atoms with Gasteiger partial charge in [-0.15, -0.1) is 0 Å². The minimum Gasteiger partial charge on any atom is -0.488 e. The van der Waals surface area contributed by atoms with E-state index in [9.17, 15) is 0 Å². The molecule has 2 N–H and O–H groups in total. The molecule has 0 saturated carbocycles. The van der Waals surface area contributed by atoms with Gasteiger partial charge < -0.3 is 10.5 Å². The van der Waals surface area contributed by atoms with Crippen LogP contribution in [0.1, 0.15) is 22.3 Å². The molecule has 0 aliphatic rings. The Morgan fingerprint density at radius 2 is 1.80 bits per heavy atom. The molecule has 0 heterocycles. The van der Waals surface area contributed by atoms with E-state index in [0.29, 0.717) is 13.2 Å². The highest BCUT2D eigenvalue weighted by Crippen LogP contribution is 2.28. The molecular weight excluding hydrogens is 338 g/mol. The highest BCUT2D eigenvalue weighted by molar-refractivity contribution is 9.10. The quantitative estimate of drug-likeness (QED) is 0.859. The summed E-state index contributed by atoms with van der Waals surface area (Å²) < 4.78 is 6.96. The maximum Gasteiger partial charge on any atom is 0.125 e. The van der Waals surface area contributed by atoms with Crippen molar-refractivity contribution in [1.29, 1.82) is 0 Å². The first-order valence-electron chi connectivity index (χ1n) is 6.38. The lowest BCUT2D eigenvalue weighted by Gasteiger charge is -2.14. The van der Waals surface area contributed by atoms with Gasteiger partial charge in [0.25, 0.3) is 0 Å². The largest absolute Gasteiger partial charge is 0.488 e. The van der Waals surface area contributed by atoms with Crippen LogP contribution in [-0.4, -0.2) is 0 Å². The number of hydrogen-bond acceptors (Lipinski definition) is 2. The second-order valence-corrected chi connectivity index (χ2v) is 6.08. The van der Waals surface area contributed by atoms with Gasteiger partial charge in [-0.1, -0.05) is 39.7 Å². The molecule has 4 heteroatoms. The van der Waals surface area contributed by atoms with E-state index in [1.807, 2.05) is 44.2 Å². The minimum absolute atomic E-state index is 0.509. The Labute approximate surface area is 133 Å². The third-order valence-corrected chi connectivity index (χ3v) is 4.11. The Bertz CT molecular complexity index is 605. The van der Waals surface area contributed by atoms with Crippen molar-refractivity contribution in [3.63, 3.8) is 0 Å². The highest BCUT2D eigenvalue weighted by Gasteiger charge is 2.08. The van der Waals surface area contributed by atoms with Crippen molar-refractivity contribution in [2.24, 2.45) is 5.73 Å². The summed E-state index contributed by atoms with van der Waals surface area (Å²) in [5, 5.41) is 0.737. The summed E-state index contributed by atoms with van der Waals surface area (Å²) >= 11 is 9.58. The fraction of sp³-hybridized carbons (Fsp3) is 0.250. The van der Waals surface area contributed by atoms with Crippen LogP contribution in [0.5, 0.6) is 5.75 Å². The number of aryl methyl sites for hydroxylation is 2. The molecule has 0 aromatic heterocycles.